The Morgan fingerprint density at radius 1 is 1.50 bits per heavy atom. The van der Waals surface area contributed by atoms with Crippen molar-refractivity contribution in [2.24, 2.45) is 5.73 Å². The maximum Gasteiger partial charge on any atom is 0.405 e. The third kappa shape index (κ3) is 2.62. The number of hydrogen-bond donors (Lipinski definition) is 3. The summed E-state index contributed by atoms with van der Waals surface area (Å²) in [4.78, 5) is 34.5. The van der Waals surface area contributed by atoms with Gasteiger partial charge < -0.3 is 21.1 Å². The van der Waals surface area contributed by atoms with E-state index >= 15 is 0 Å². The predicted molar refractivity (Wildman–Crippen MR) is 54.6 cm³/mol. The molecule has 1 rings (SSSR count). The second-order valence-corrected chi connectivity index (χ2v) is 3.76. The van der Waals surface area contributed by atoms with Gasteiger partial charge >= 0.3 is 6.09 Å². The summed E-state index contributed by atoms with van der Waals surface area (Å²) in [6.45, 7) is 1.88. The predicted octanol–water partition coefficient (Wildman–Crippen LogP) is -0.881. The lowest BCUT2D eigenvalue weighted by Crippen LogP contribution is -2.51. The number of carbonyl (C=O) groups is 3. The Kier molecular flexibility index (Phi) is 3.70. The molecule has 1 unspecified atom stereocenters. The molecule has 0 aromatic heterocycles. The molecule has 2 atom stereocenters. The molecule has 1 saturated heterocycles. The van der Waals surface area contributed by atoms with E-state index in [2.05, 4.69) is 5.32 Å². The van der Waals surface area contributed by atoms with Gasteiger partial charge in [0.25, 0.3) is 0 Å². The lowest BCUT2D eigenvalue weighted by atomic mass is 10.2. The van der Waals surface area contributed by atoms with Crippen molar-refractivity contribution in [2.75, 3.05) is 6.54 Å². The van der Waals surface area contributed by atoms with Gasteiger partial charge in [-0.2, -0.15) is 0 Å². The number of nitrogens with two attached hydrogens (primary N) is 1. The van der Waals surface area contributed by atoms with Crippen LogP contribution in [0.25, 0.3) is 0 Å². The number of likely N-dealkylation sites (tertiary alicyclic amines) is 1. The van der Waals surface area contributed by atoms with Crippen molar-refractivity contribution in [3.63, 3.8) is 0 Å². The van der Waals surface area contributed by atoms with Crippen LogP contribution >= 0.6 is 0 Å². The van der Waals surface area contributed by atoms with Crippen molar-refractivity contribution in [1.29, 1.82) is 0 Å². The molecule has 1 aliphatic rings. The zero-order valence-electron chi connectivity index (χ0n) is 8.97. The van der Waals surface area contributed by atoms with Crippen LogP contribution in [0.4, 0.5) is 4.79 Å². The van der Waals surface area contributed by atoms with E-state index in [0.29, 0.717) is 19.4 Å². The van der Waals surface area contributed by atoms with Gasteiger partial charge in [-0.05, 0) is 19.8 Å². The second-order valence-electron chi connectivity index (χ2n) is 3.76. The fourth-order valence-corrected chi connectivity index (χ4v) is 1.82. The van der Waals surface area contributed by atoms with Gasteiger partial charge in [0, 0.05) is 6.54 Å². The Morgan fingerprint density at radius 2 is 2.12 bits per heavy atom. The van der Waals surface area contributed by atoms with E-state index in [4.69, 9.17) is 10.8 Å². The molecule has 0 spiro atoms. The van der Waals surface area contributed by atoms with Gasteiger partial charge in [0.1, 0.15) is 12.1 Å². The fourth-order valence-electron chi connectivity index (χ4n) is 1.82. The van der Waals surface area contributed by atoms with E-state index in [1.165, 1.54) is 11.8 Å². The number of nitrogens with zero attached hydrogens (tertiary/aromatic N) is 1. The van der Waals surface area contributed by atoms with Crippen molar-refractivity contribution in [2.45, 2.75) is 31.8 Å². The van der Waals surface area contributed by atoms with Crippen LogP contribution in [-0.4, -0.2) is 46.5 Å². The molecule has 0 aliphatic carbocycles. The molecule has 0 radical (unpaired) electrons. The summed E-state index contributed by atoms with van der Waals surface area (Å²) in [5, 5.41) is 10.5. The van der Waals surface area contributed by atoms with Gasteiger partial charge in [0.15, 0.2) is 0 Å². The van der Waals surface area contributed by atoms with Crippen molar-refractivity contribution in [3.05, 3.63) is 0 Å². The Morgan fingerprint density at radius 3 is 2.62 bits per heavy atom. The maximum atomic E-state index is 11.8. The van der Waals surface area contributed by atoms with Gasteiger partial charge in [0.2, 0.25) is 11.8 Å². The average molecular weight is 229 g/mol. The maximum absolute atomic E-state index is 11.8. The number of primary amides is 1. The first-order valence-corrected chi connectivity index (χ1v) is 5.02. The van der Waals surface area contributed by atoms with Crippen LogP contribution < -0.4 is 11.1 Å². The zero-order valence-corrected chi connectivity index (χ0v) is 8.97. The highest BCUT2D eigenvalue weighted by Crippen LogP contribution is 2.17. The van der Waals surface area contributed by atoms with Crippen molar-refractivity contribution in [1.82, 2.24) is 10.2 Å². The van der Waals surface area contributed by atoms with Gasteiger partial charge in [-0.3, -0.25) is 9.59 Å². The monoisotopic (exact) mass is 229 g/mol. The molecule has 0 bridgehead atoms. The highest BCUT2D eigenvalue weighted by molar-refractivity contribution is 5.90. The van der Waals surface area contributed by atoms with E-state index in [1.54, 1.807) is 0 Å². The van der Waals surface area contributed by atoms with E-state index in [9.17, 15) is 14.4 Å². The standard InChI is InChI=1S/C9H15N3O4/c1-5(11-9(15)16)8(14)12-4-2-3-6(12)7(10)13/h5-6,11H,2-4H2,1H3,(H2,10,13)(H,15,16)/t5?,6-/m0/s1. The summed E-state index contributed by atoms with van der Waals surface area (Å²) in [7, 11) is 0. The number of rotatable bonds is 3. The molecule has 0 saturated carbocycles. The number of carbonyl (C=O) groups excluding carboxylic acids is 2. The van der Waals surface area contributed by atoms with Crippen LogP contribution in [0.3, 0.4) is 0 Å². The van der Waals surface area contributed by atoms with Crippen LogP contribution in [0, 0.1) is 0 Å². The first-order chi connectivity index (χ1) is 7.43. The molecule has 0 aromatic rings. The molecule has 90 valence electrons. The summed E-state index contributed by atoms with van der Waals surface area (Å²) in [6, 6.07) is -1.47. The molecule has 1 fully saturated rings. The highest BCUT2D eigenvalue weighted by atomic mass is 16.4. The molecule has 1 heterocycles. The normalized spacial score (nSPS) is 21.6. The lowest BCUT2D eigenvalue weighted by molar-refractivity contribution is -0.138. The molecule has 7 heteroatoms. The third-order valence-electron chi connectivity index (χ3n) is 2.57. The Balaban J connectivity index is 2.65. The van der Waals surface area contributed by atoms with Crippen LogP contribution in [0.2, 0.25) is 0 Å². The smallest absolute Gasteiger partial charge is 0.405 e. The van der Waals surface area contributed by atoms with E-state index in [0.717, 1.165) is 0 Å². The molecule has 4 N–H and O–H groups in total. The summed E-state index contributed by atoms with van der Waals surface area (Å²) < 4.78 is 0. The first kappa shape index (κ1) is 12.3. The average Bonchev–Trinajstić information content (AvgIpc) is 2.63. The van der Waals surface area contributed by atoms with E-state index in [-0.39, 0.29) is 0 Å². The van der Waals surface area contributed by atoms with Crippen molar-refractivity contribution < 1.29 is 19.5 Å². The van der Waals surface area contributed by atoms with Gasteiger partial charge in [-0.1, -0.05) is 0 Å². The topological polar surface area (TPSA) is 113 Å². The summed E-state index contributed by atoms with van der Waals surface area (Å²) in [5.41, 5.74) is 5.16. The number of amides is 3. The largest absolute Gasteiger partial charge is 0.465 e. The second kappa shape index (κ2) is 4.82. The van der Waals surface area contributed by atoms with Gasteiger partial charge in [0.05, 0.1) is 0 Å². The summed E-state index contributed by atoms with van der Waals surface area (Å²) >= 11 is 0. The Hall–Kier alpha value is -1.79. The lowest BCUT2D eigenvalue weighted by Gasteiger charge is -2.25. The SMILES string of the molecule is CC(NC(=O)O)C(=O)N1CCC[C@H]1C(N)=O. The third-order valence-corrected chi connectivity index (χ3v) is 2.57. The van der Waals surface area contributed by atoms with E-state index < -0.39 is 30.0 Å². The minimum Gasteiger partial charge on any atom is -0.465 e. The zero-order chi connectivity index (χ0) is 12.3. The Labute approximate surface area is 92.6 Å². The van der Waals surface area contributed by atoms with Crippen molar-refractivity contribution in [3.8, 4) is 0 Å². The van der Waals surface area contributed by atoms with Crippen LogP contribution in [0.15, 0.2) is 0 Å². The number of carboxylic acid groups (broad SMARTS) is 1. The summed E-state index contributed by atoms with van der Waals surface area (Å²) in [5.74, 6) is -0.961. The van der Waals surface area contributed by atoms with Crippen molar-refractivity contribution >= 4 is 17.9 Å². The molecular weight excluding hydrogens is 214 g/mol. The number of nitrogens with one attached hydrogen (secondary N) is 1. The minimum atomic E-state index is -1.27. The molecule has 16 heavy (non-hydrogen) atoms. The molecule has 1 aliphatic heterocycles. The molecule has 3 amide bonds. The van der Waals surface area contributed by atoms with E-state index in [1.807, 2.05) is 0 Å². The highest BCUT2D eigenvalue weighted by Gasteiger charge is 2.34. The summed E-state index contributed by atoms with van der Waals surface area (Å²) in [6.07, 6.45) is -0.0179. The van der Waals surface area contributed by atoms with Crippen LogP contribution in [0.5, 0.6) is 0 Å². The van der Waals surface area contributed by atoms with Crippen LogP contribution in [-0.2, 0) is 9.59 Å². The first-order valence-electron chi connectivity index (χ1n) is 5.02. The van der Waals surface area contributed by atoms with Gasteiger partial charge in [-0.15, -0.1) is 0 Å². The minimum absolute atomic E-state index is 0.413. The molecule has 7 nitrogen and oxygen atoms in total. The molecular formula is C9H15N3O4. The fraction of sp³-hybridized carbons (Fsp3) is 0.667. The van der Waals surface area contributed by atoms with Gasteiger partial charge in [-0.25, -0.2) is 4.79 Å². The molecule has 0 aromatic carbocycles. The Bertz CT molecular complexity index is 318. The number of hydrogen-bond acceptors (Lipinski definition) is 3. The quantitative estimate of drug-likeness (QED) is 0.583. The van der Waals surface area contributed by atoms with Crippen LogP contribution in [0.1, 0.15) is 19.8 Å².